The molecule has 0 saturated carbocycles. The smallest absolute Gasteiger partial charge is 0.222 e. The number of anilines is 2. The van der Waals surface area contributed by atoms with Gasteiger partial charge < -0.3 is 15.4 Å². The second-order valence-electron chi connectivity index (χ2n) is 4.07. The van der Waals surface area contributed by atoms with E-state index in [1.54, 1.807) is 0 Å². The maximum Gasteiger partial charge on any atom is 0.222 e. The molecule has 16 heavy (non-hydrogen) atoms. The highest BCUT2D eigenvalue weighted by atomic mass is 16.5. The van der Waals surface area contributed by atoms with E-state index in [0.717, 1.165) is 37.6 Å². The molecule has 1 aliphatic rings. The molecule has 2 N–H and O–H groups in total. The van der Waals surface area contributed by atoms with Crippen LogP contribution in [0.1, 0.15) is 19.0 Å². The fourth-order valence-electron chi connectivity index (χ4n) is 1.91. The summed E-state index contributed by atoms with van der Waals surface area (Å²) in [6.45, 7) is 6.56. The molecule has 0 bridgehead atoms. The number of aryl methyl sites for hydroxylation is 1. The van der Waals surface area contributed by atoms with Crippen LogP contribution in [0.15, 0.2) is 6.07 Å². The van der Waals surface area contributed by atoms with Crippen LogP contribution in [-0.4, -0.2) is 35.8 Å². The summed E-state index contributed by atoms with van der Waals surface area (Å²) in [5.41, 5.74) is 6.56. The summed E-state index contributed by atoms with van der Waals surface area (Å²) >= 11 is 0. The van der Waals surface area contributed by atoms with Crippen LogP contribution in [0.2, 0.25) is 0 Å². The quantitative estimate of drug-likeness (QED) is 0.808. The minimum Gasteiger partial charge on any atom is -0.375 e. The number of nitrogen functional groups attached to an aromatic ring is 1. The van der Waals surface area contributed by atoms with Crippen molar-refractivity contribution < 1.29 is 4.74 Å². The third-order valence-corrected chi connectivity index (χ3v) is 2.78. The molecule has 0 amide bonds. The zero-order chi connectivity index (χ0) is 11.5. The topological polar surface area (TPSA) is 64.3 Å². The van der Waals surface area contributed by atoms with E-state index in [0.29, 0.717) is 12.1 Å². The molecule has 1 aromatic heterocycles. The molecule has 1 atom stereocenters. The number of nitrogens with two attached hydrogens (primary N) is 1. The Labute approximate surface area is 95.6 Å². The number of rotatable bonds is 2. The van der Waals surface area contributed by atoms with Gasteiger partial charge in [0.25, 0.3) is 0 Å². The van der Waals surface area contributed by atoms with Crippen LogP contribution >= 0.6 is 0 Å². The number of aromatic nitrogens is 2. The van der Waals surface area contributed by atoms with E-state index < -0.39 is 0 Å². The van der Waals surface area contributed by atoms with Crippen molar-refractivity contribution in [3.05, 3.63) is 11.8 Å². The van der Waals surface area contributed by atoms with Gasteiger partial charge in [0.15, 0.2) is 0 Å². The van der Waals surface area contributed by atoms with Gasteiger partial charge in [0.05, 0.1) is 12.7 Å². The molecule has 1 aliphatic heterocycles. The molecule has 5 heteroatoms. The summed E-state index contributed by atoms with van der Waals surface area (Å²) in [6, 6.07) is 1.97. The predicted molar refractivity (Wildman–Crippen MR) is 63.4 cm³/mol. The Morgan fingerprint density at radius 3 is 3.06 bits per heavy atom. The normalized spacial score (nSPS) is 21.1. The third kappa shape index (κ3) is 2.41. The fraction of sp³-hybridized carbons (Fsp3) is 0.636. The highest BCUT2D eigenvalue weighted by Crippen LogP contribution is 2.17. The number of morpholine rings is 1. The van der Waals surface area contributed by atoms with E-state index in [1.807, 2.05) is 13.0 Å². The van der Waals surface area contributed by atoms with Gasteiger partial charge in [0.2, 0.25) is 5.95 Å². The average molecular weight is 222 g/mol. The third-order valence-electron chi connectivity index (χ3n) is 2.78. The van der Waals surface area contributed by atoms with Gasteiger partial charge in [-0.2, -0.15) is 4.98 Å². The highest BCUT2D eigenvalue weighted by molar-refractivity contribution is 5.43. The van der Waals surface area contributed by atoms with Crippen LogP contribution < -0.4 is 10.6 Å². The van der Waals surface area contributed by atoms with E-state index in [9.17, 15) is 0 Å². The number of hydrogen-bond acceptors (Lipinski definition) is 5. The van der Waals surface area contributed by atoms with Gasteiger partial charge in [-0.3, -0.25) is 0 Å². The van der Waals surface area contributed by atoms with Crippen molar-refractivity contribution in [2.75, 3.05) is 30.3 Å². The fourth-order valence-corrected chi connectivity index (χ4v) is 1.91. The predicted octanol–water partition coefficient (Wildman–Crippen LogP) is 0.982. The maximum atomic E-state index is 5.65. The second-order valence-corrected chi connectivity index (χ2v) is 4.07. The van der Waals surface area contributed by atoms with Gasteiger partial charge in [0.1, 0.15) is 5.82 Å². The lowest BCUT2D eigenvalue weighted by Gasteiger charge is -2.33. The van der Waals surface area contributed by atoms with Crippen molar-refractivity contribution in [3.8, 4) is 0 Å². The largest absolute Gasteiger partial charge is 0.375 e. The van der Waals surface area contributed by atoms with Crippen molar-refractivity contribution in [2.45, 2.75) is 26.4 Å². The van der Waals surface area contributed by atoms with E-state index in [-0.39, 0.29) is 0 Å². The van der Waals surface area contributed by atoms with Gasteiger partial charge in [-0.1, -0.05) is 6.92 Å². The molecule has 0 radical (unpaired) electrons. The summed E-state index contributed by atoms with van der Waals surface area (Å²) in [5.74, 6) is 1.25. The molecule has 0 spiro atoms. The lowest BCUT2D eigenvalue weighted by atomic mass is 10.2. The molecule has 1 unspecified atom stereocenters. The minimum atomic E-state index is 0.297. The van der Waals surface area contributed by atoms with Crippen LogP contribution in [0.5, 0.6) is 0 Å². The maximum absolute atomic E-state index is 5.65. The summed E-state index contributed by atoms with van der Waals surface area (Å²) in [7, 11) is 0. The molecule has 0 aliphatic carbocycles. The first-order valence-electron chi connectivity index (χ1n) is 5.66. The lowest BCUT2D eigenvalue weighted by Crippen LogP contribution is -2.42. The first-order chi connectivity index (χ1) is 7.69. The van der Waals surface area contributed by atoms with Crippen molar-refractivity contribution in [1.29, 1.82) is 0 Å². The van der Waals surface area contributed by atoms with Crippen molar-refractivity contribution in [3.63, 3.8) is 0 Å². The molecule has 5 nitrogen and oxygen atoms in total. The van der Waals surface area contributed by atoms with E-state index in [2.05, 4.69) is 21.8 Å². The molecule has 2 rings (SSSR count). The van der Waals surface area contributed by atoms with Crippen molar-refractivity contribution in [1.82, 2.24) is 9.97 Å². The molecular weight excluding hydrogens is 204 g/mol. The second kappa shape index (κ2) is 4.65. The zero-order valence-corrected chi connectivity index (χ0v) is 9.81. The minimum absolute atomic E-state index is 0.297. The van der Waals surface area contributed by atoms with Crippen LogP contribution in [0.4, 0.5) is 11.8 Å². The Morgan fingerprint density at radius 1 is 1.56 bits per heavy atom. The SMILES string of the molecule is CCC1CN(c2cc(C)nc(N)n2)CCO1. The van der Waals surface area contributed by atoms with Gasteiger partial charge in [0, 0.05) is 24.8 Å². The number of ether oxygens (including phenoxy) is 1. The Balaban J connectivity index is 2.16. The number of nitrogens with zero attached hydrogens (tertiary/aromatic N) is 3. The van der Waals surface area contributed by atoms with Crippen LogP contribution in [-0.2, 0) is 4.74 Å². The van der Waals surface area contributed by atoms with E-state index >= 15 is 0 Å². The Hall–Kier alpha value is -1.36. The Kier molecular flexibility index (Phi) is 3.24. The lowest BCUT2D eigenvalue weighted by molar-refractivity contribution is 0.0381. The molecule has 1 fully saturated rings. The monoisotopic (exact) mass is 222 g/mol. The molecule has 2 heterocycles. The van der Waals surface area contributed by atoms with Crippen LogP contribution in [0.25, 0.3) is 0 Å². The first kappa shape index (κ1) is 11.1. The van der Waals surface area contributed by atoms with Crippen molar-refractivity contribution >= 4 is 11.8 Å². The summed E-state index contributed by atoms with van der Waals surface area (Å²) in [5, 5.41) is 0. The highest BCUT2D eigenvalue weighted by Gasteiger charge is 2.20. The standard InChI is InChI=1S/C11H18N4O/c1-3-9-7-15(4-5-16-9)10-6-8(2)13-11(12)14-10/h6,9H,3-5,7H2,1-2H3,(H2,12,13,14). The molecule has 1 aromatic rings. The van der Waals surface area contributed by atoms with Crippen LogP contribution in [0.3, 0.4) is 0 Å². The molecular formula is C11H18N4O. The van der Waals surface area contributed by atoms with Gasteiger partial charge >= 0.3 is 0 Å². The van der Waals surface area contributed by atoms with Gasteiger partial charge in [-0.05, 0) is 13.3 Å². The number of hydrogen-bond donors (Lipinski definition) is 1. The van der Waals surface area contributed by atoms with E-state index in [4.69, 9.17) is 10.5 Å². The average Bonchev–Trinajstić information content (AvgIpc) is 2.28. The van der Waals surface area contributed by atoms with Crippen molar-refractivity contribution in [2.24, 2.45) is 0 Å². The zero-order valence-electron chi connectivity index (χ0n) is 9.81. The van der Waals surface area contributed by atoms with Crippen LogP contribution in [0, 0.1) is 6.92 Å². The van der Waals surface area contributed by atoms with Gasteiger partial charge in [-0.15, -0.1) is 0 Å². The Bertz CT molecular complexity index is 349. The Morgan fingerprint density at radius 2 is 2.38 bits per heavy atom. The summed E-state index contributed by atoms with van der Waals surface area (Å²) < 4.78 is 5.62. The molecule has 1 saturated heterocycles. The molecule has 88 valence electrons. The van der Waals surface area contributed by atoms with Gasteiger partial charge in [-0.25, -0.2) is 4.98 Å². The summed E-state index contributed by atoms with van der Waals surface area (Å²) in [4.78, 5) is 10.6. The van der Waals surface area contributed by atoms with E-state index in [1.165, 1.54) is 0 Å². The first-order valence-corrected chi connectivity index (χ1v) is 5.66. The summed E-state index contributed by atoms with van der Waals surface area (Å²) in [6.07, 6.45) is 1.32. The molecule has 0 aromatic carbocycles.